The van der Waals surface area contributed by atoms with Crippen molar-refractivity contribution in [3.63, 3.8) is 0 Å². The van der Waals surface area contributed by atoms with Crippen LogP contribution in [0.5, 0.6) is 0 Å². The van der Waals surface area contributed by atoms with Crippen LogP contribution in [0.15, 0.2) is 131 Å². The van der Waals surface area contributed by atoms with Gasteiger partial charge in [0.15, 0.2) is 6.07 Å². The van der Waals surface area contributed by atoms with Gasteiger partial charge in [0.05, 0.1) is 41.0 Å². The lowest BCUT2D eigenvalue weighted by atomic mass is 9.94. The van der Waals surface area contributed by atoms with Gasteiger partial charge in [0.25, 0.3) is 0 Å². The molecule has 2 aromatic rings. The highest BCUT2D eigenvalue weighted by atomic mass is 16.6. The summed E-state index contributed by atoms with van der Waals surface area (Å²) in [6.45, 7) is 26.8. The van der Waals surface area contributed by atoms with Gasteiger partial charge in [-0.1, -0.05) is 85.0 Å². The maximum atomic E-state index is 12.4. The molecule has 1 aliphatic heterocycles. The number of rotatable bonds is 10. The molecule has 1 saturated heterocycles. The molecule has 0 saturated carbocycles. The van der Waals surface area contributed by atoms with Gasteiger partial charge in [0.2, 0.25) is 0 Å². The summed E-state index contributed by atoms with van der Waals surface area (Å²) in [7, 11) is 0. The lowest BCUT2D eigenvalue weighted by molar-refractivity contribution is 0.0873. The molecule has 0 N–H and O–H groups in total. The molecule has 52 heavy (non-hydrogen) atoms. The molecule has 10 nitrogen and oxygen atoms in total. The van der Waals surface area contributed by atoms with Crippen molar-refractivity contribution in [1.29, 1.82) is 15.8 Å². The van der Waals surface area contributed by atoms with Crippen molar-refractivity contribution in [2.24, 2.45) is 0 Å². The smallest absolute Gasteiger partial charge is 0.450 e. The van der Waals surface area contributed by atoms with Crippen LogP contribution in [0.25, 0.3) is 25.7 Å². The Kier molecular flexibility index (Phi) is 13.7. The number of hydrogen-bond donors (Lipinski definition) is 0. The fourth-order valence-corrected chi connectivity index (χ4v) is 6.04. The minimum atomic E-state index is -1.15. The van der Waals surface area contributed by atoms with E-state index >= 15 is 0 Å². The van der Waals surface area contributed by atoms with Gasteiger partial charge in [0.1, 0.15) is 13.1 Å². The summed E-state index contributed by atoms with van der Waals surface area (Å²) >= 11 is 0. The lowest BCUT2D eigenvalue weighted by Crippen LogP contribution is -2.48. The number of carbonyl (C=O) groups is 1. The van der Waals surface area contributed by atoms with Crippen LogP contribution in [-0.2, 0) is 4.74 Å². The van der Waals surface area contributed by atoms with E-state index in [4.69, 9.17) is 24.5 Å². The number of amides is 1. The fourth-order valence-electron chi connectivity index (χ4n) is 6.04. The number of hydrogen-bond acceptors (Lipinski definition) is 6. The van der Waals surface area contributed by atoms with E-state index in [-0.39, 0.29) is 28.6 Å². The average molecular weight is 683 g/mol. The summed E-state index contributed by atoms with van der Waals surface area (Å²) in [6.07, 6.45) is 11.6. The van der Waals surface area contributed by atoms with Crippen molar-refractivity contribution in [3.8, 4) is 18.2 Å². The number of ether oxygens (including phenoxy) is 1. The van der Waals surface area contributed by atoms with Crippen LogP contribution < -0.4 is 0 Å². The Hall–Kier alpha value is -7.37. The van der Waals surface area contributed by atoms with Gasteiger partial charge in [-0.3, -0.25) is 4.85 Å². The molecule has 1 unspecified atom stereocenters. The van der Waals surface area contributed by atoms with Crippen LogP contribution >= 0.6 is 0 Å². The molecule has 1 aliphatic carbocycles. The van der Waals surface area contributed by atoms with Gasteiger partial charge in [-0.15, -0.1) is 0 Å². The number of piperazine rings is 1. The van der Waals surface area contributed by atoms with Crippen LogP contribution in [0.1, 0.15) is 30.9 Å². The molecule has 0 spiro atoms. The van der Waals surface area contributed by atoms with Crippen molar-refractivity contribution in [3.05, 3.63) is 176 Å². The maximum Gasteiger partial charge on any atom is 0.528 e. The number of allylic oxidation sites excluding steroid dienone is 11. The van der Waals surface area contributed by atoms with E-state index < -0.39 is 6.04 Å². The molecule has 1 heterocycles. The van der Waals surface area contributed by atoms with E-state index in [0.29, 0.717) is 62.3 Å². The highest BCUT2D eigenvalue weighted by Crippen LogP contribution is 2.36. The van der Waals surface area contributed by atoms with E-state index in [0.717, 1.165) is 16.8 Å². The zero-order chi connectivity index (χ0) is 37.3. The summed E-state index contributed by atoms with van der Waals surface area (Å²) in [4.78, 5) is 26.5. The molecular formula is C42H34N8O2. The van der Waals surface area contributed by atoms with Crippen LogP contribution in [0.3, 0.4) is 0 Å². The van der Waals surface area contributed by atoms with Crippen LogP contribution in [0.4, 0.5) is 4.79 Å². The molecule has 1 amide bonds. The van der Waals surface area contributed by atoms with Gasteiger partial charge >= 0.3 is 18.0 Å². The lowest BCUT2D eigenvalue weighted by Gasteiger charge is -2.37. The first-order chi connectivity index (χ1) is 25.4. The predicted molar refractivity (Wildman–Crippen MR) is 198 cm³/mol. The maximum absolute atomic E-state index is 12.4. The third kappa shape index (κ3) is 8.99. The first-order valence-electron chi connectivity index (χ1n) is 16.5. The number of carbonyl (C=O) groups excluding carboxylic acids is 1. The van der Waals surface area contributed by atoms with Gasteiger partial charge in [-0.25, -0.2) is 11.4 Å². The van der Waals surface area contributed by atoms with Crippen molar-refractivity contribution in [2.75, 3.05) is 32.8 Å². The fraction of sp³-hybridized carbons (Fsp3) is 0.214. The van der Waals surface area contributed by atoms with Gasteiger partial charge in [-0.2, -0.15) is 25.5 Å². The molecule has 0 radical (unpaired) electrons. The predicted octanol–water partition coefficient (Wildman–Crippen LogP) is 8.29. The third-order valence-electron chi connectivity index (χ3n) is 8.42. The summed E-state index contributed by atoms with van der Waals surface area (Å²) in [5.41, 5.74) is 5.21. The Morgan fingerprint density at radius 2 is 1.56 bits per heavy atom. The topological polar surface area (TPSA) is 117 Å². The molecule has 0 bridgehead atoms. The van der Waals surface area contributed by atoms with E-state index in [1.54, 1.807) is 84.7 Å². The highest BCUT2D eigenvalue weighted by molar-refractivity contribution is 5.87. The Labute approximate surface area is 304 Å². The second-order valence-electron chi connectivity index (χ2n) is 11.4. The van der Waals surface area contributed by atoms with Gasteiger partial charge in [0, 0.05) is 31.9 Å². The van der Waals surface area contributed by atoms with Crippen LogP contribution in [-0.4, -0.2) is 54.7 Å². The zero-order valence-electron chi connectivity index (χ0n) is 28.7. The Bertz CT molecular complexity index is 2110. The summed E-state index contributed by atoms with van der Waals surface area (Å²) in [5.74, 6) is -0.191. The Morgan fingerprint density at radius 1 is 0.904 bits per heavy atom. The number of nitriles is 3. The monoisotopic (exact) mass is 682 g/mol. The van der Waals surface area contributed by atoms with E-state index in [9.17, 15) is 20.6 Å². The molecule has 2 aliphatic rings. The zero-order valence-corrected chi connectivity index (χ0v) is 28.7. The summed E-state index contributed by atoms with van der Waals surface area (Å²) in [6, 6.07) is 23.1. The summed E-state index contributed by atoms with van der Waals surface area (Å²) in [5, 5.41) is 29.9. The standard InChI is InChI=1S/C42H34N8O2/c1-5-52-42(51)50-26-24-49(25-27-50)40-33(18-12-20-35(28-43)38(37(30-45)46-2)31-14-8-6-9-15-31)22-23-34(40)19-13-21-36(29-44)39(41(47-3)48-4)32-16-10-7-11-17-32/h6-21,37H,5,22-27H2,1H3. The molecule has 1 fully saturated rings. The number of nitrogens with zero attached hydrogens (tertiary/aromatic N) is 8. The van der Waals surface area contributed by atoms with Crippen molar-refractivity contribution in [1.82, 2.24) is 9.80 Å². The molecule has 10 heteroatoms. The van der Waals surface area contributed by atoms with Crippen molar-refractivity contribution in [2.45, 2.75) is 25.8 Å². The van der Waals surface area contributed by atoms with E-state index in [2.05, 4.69) is 31.6 Å². The highest BCUT2D eigenvalue weighted by Gasteiger charge is 2.29. The van der Waals surface area contributed by atoms with Gasteiger partial charge < -0.3 is 14.5 Å². The molecule has 2 aromatic carbocycles. The summed E-state index contributed by atoms with van der Waals surface area (Å²) < 4.78 is 5.21. The second-order valence-corrected chi connectivity index (χ2v) is 11.4. The SMILES string of the molecule is [C-]#[N+]C([N+]#[C-])=C(C(C#N)=CC=CC1=C(N2CCN(C(=O)OCC)CC2)C(=CC=CC(C#N)=C(c2ccccc2)C(C#N)[N+]#[C-])CC1)c1ccccc1. The first-order valence-corrected chi connectivity index (χ1v) is 16.5. The molecule has 4 rings (SSSR count). The first kappa shape index (κ1) is 37.4. The Morgan fingerprint density at radius 3 is 2.12 bits per heavy atom. The molecule has 254 valence electrons. The number of benzene rings is 2. The normalized spacial score (nSPS) is 16.2. The van der Waals surface area contributed by atoms with Gasteiger partial charge in [-0.05, 0) is 54.2 Å². The molecule has 1 atom stereocenters. The van der Waals surface area contributed by atoms with Crippen LogP contribution in [0.2, 0.25) is 0 Å². The van der Waals surface area contributed by atoms with Crippen LogP contribution in [0, 0.1) is 53.7 Å². The quantitative estimate of drug-likeness (QED) is 0.141. The largest absolute Gasteiger partial charge is 0.528 e. The molecular weight excluding hydrogens is 649 g/mol. The second kappa shape index (κ2) is 19.0. The van der Waals surface area contributed by atoms with E-state index in [1.807, 2.05) is 30.4 Å². The average Bonchev–Trinajstić information content (AvgIpc) is 3.59. The van der Waals surface area contributed by atoms with E-state index in [1.165, 1.54) is 0 Å². The van der Waals surface area contributed by atoms with Crippen molar-refractivity contribution >= 4 is 17.2 Å². The van der Waals surface area contributed by atoms with Crippen molar-refractivity contribution < 1.29 is 9.53 Å². The minimum Gasteiger partial charge on any atom is -0.450 e. The molecule has 0 aromatic heterocycles. The minimum absolute atomic E-state index is 0.187. The third-order valence-corrected chi connectivity index (χ3v) is 8.42. The Balaban J connectivity index is 1.76.